The van der Waals surface area contributed by atoms with Crippen molar-refractivity contribution in [3.05, 3.63) is 111 Å². The lowest BCUT2D eigenvalue weighted by atomic mass is 10.0. The zero-order valence-corrected chi connectivity index (χ0v) is 18.0. The van der Waals surface area contributed by atoms with Gasteiger partial charge in [-0.2, -0.15) is 5.10 Å². The molecule has 4 aromatic rings. The highest BCUT2D eigenvalue weighted by Gasteiger charge is 2.08. The molecule has 0 saturated carbocycles. The summed E-state index contributed by atoms with van der Waals surface area (Å²) in [5.41, 5.74) is 5.52. The lowest BCUT2D eigenvalue weighted by Crippen LogP contribution is -2.07. The van der Waals surface area contributed by atoms with Gasteiger partial charge in [0.15, 0.2) is 0 Å². The highest BCUT2D eigenvalue weighted by molar-refractivity contribution is 6.35. The molecule has 0 aromatic heterocycles. The predicted molar refractivity (Wildman–Crippen MR) is 126 cm³/mol. The summed E-state index contributed by atoms with van der Waals surface area (Å²) < 4.78 is 19.2. The summed E-state index contributed by atoms with van der Waals surface area (Å²) in [6, 6.07) is 23.6. The van der Waals surface area contributed by atoms with Gasteiger partial charge in [0.05, 0.1) is 12.8 Å². The summed E-state index contributed by atoms with van der Waals surface area (Å²) in [5.74, 6) is 0.413. The molecule has 0 unspecified atom stereocenters. The summed E-state index contributed by atoms with van der Waals surface area (Å²) in [7, 11) is 0. The lowest BCUT2D eigenvalue weighted by molar-refractivity contribution is 0.306. The minimum Gasteiger partial charge on any atom is -0.488 e. The van der Waals surface area contributed by atoms with Gasteiger partial charge in [0.1, 0.15) is 18.2 Å². The molecule has 0 aliphatic carbocycles. The van der Waals surface area contributed by atoms with Crippen LogP contribution in [-0.4, -0.2) is 6.21 Å². The molecule has 0 radical (unpaired) electrons. The first-order chi connectivity index (χ1) is 15.1. The molecule has 0 saturated heterocycles. The largest absolute Gasteiger partial charge is 0.488 e. The summed E-state index contributed by atoms with van der Waals surface area (Å²) in [5, 5.41) is 7.64. The van der Waals surface area contributed by atoms with Gasteiger partial charge >= 0.3 is 0 Å². The van der Waals surface area contributed by atoms with Crippen molar-refractivity contribution in [2.45, 2.75) is 13.2 Å². The van der Waals surface area contributed by atoms with E-state index in [1.807, 2.05) is 36.4 Å². The molecule has 0 aliphatic heterocycles. The number of fused-ring (bicyclic) bond motifs is 1. The number of hydrogen-bond acceptors (Lipinski definition) is 3. The normalized spacial score (nSPS) is 11.2. The first kappa shape index (κ1) is 21.2. The third-order valence-electron chi connectivity index (χ3n) is 4.84. The van der Waals surface area contributed by atoms with Gasteiger partial charge < -0.3 is 10.2 Å². The number of ether oxygens (including phenoxy) is 1. The van der Waals surface area contributed by atoms with E-state index in [2.05, 4.69) is 10.5 Å². The van der Waals surface area contributed by atoms with E-state index in [0.717, 1.165) is 27.5 Å². The van der Waals surface area contributed by atoms with Crippen molar-refractivity contribution in [3.8, 4) is 5.75 Å². The fourth-order valence-corrected chi connectivity index (χ4v) is 3.74. The van der Waals surface area contributed by atoms with Gasteiger partial charge in [-0.25, -0.2) is 4.39 Å². The maximum absolute atomic E-state index is 13.2. The van der Waals surface area contributed by atoms with E-state index < -0.39 is 0 Å². The fraction of sp³-hybridized carbons (Fsp3) is 0.0800. The van der Waals surface area contributed by atoms with E-state index in [9.17, 15) is 4.39 Å². The van der Waals surface area contributed by atoms with E-state index in [-0.39, 0.29) is 5.82 Å². The molecule has 4 aromatic carbocycles. The second-order valence-electron chi connectivity index (χ2n) is 6.91. The van der Waals surface area contributed by atoms with E-state index in [0.29, 0.717) is 28.9 Å². The number of nitrogens with one attached hydrogen (secondary N) is 1. The molecule has 0 atom stereocenters. The van der Waals surface area contributed by atoms with E-state index in [1.165, 1.54) is 12.1 Å². The molecule has 0 bridgehead atoms. The van der Waals surface area contributed by atoms with Crippen LogP contribution in [0.25, 0.3) is 10.8 Å². The Morgan fingerprint density at radius 1 is 0.871 bits per heavy atom. The average molecular weight is 453 g/mol. The lowest BCUT2D eigenvalue weighted by Gasteiger charge is -2.12. The van der Waals surface area contributed by atoms with E-state index in [1.54, 1.807) is 36.5 Å². The molecular weight excluding hydrogens is 434 g/mol. The minimum absolute atomic E-state index is 0.271. The van der Waals surface area contributed by atoms with Gasteiger partial charge in [0.2, 0.25) is 0 Å². The van der Waals surface area contributed by atoms with Crippen LogP contribution in [0.2, 0.25) is 10.0 Å². The van der Waals surface area contributed by atoms with Crippen LogP contribution in [0.1, 0.15) is 16.7 Å². The Balaban J connectivity index is 1.56. The molecule has 4 rings (SSSR count). The van der Waals surface area contributed by atoms with E-state index in [4.69, 9.17) is 27.9 Å². The number of nitrogens with zero attached hydrogens (tertiary/aromatic N) is 1. The average Bonchev–Trinajstić information content (AvgIpc) is 2.78. The van der Waals surface area contributed by atoms with Gasteiger partial charge in [0.25, 0.3) is 0 Å². The molecule has 31 heavy (non-hydrogen) atoms. The van der Waals surface area contributed by atoms with Gasteiger partial charge in [-0.05, 0) is 46.7 Å². The number of hydrogen-bond donors (Lipinski definition) is 1. The second kappa shape index (κ2) is 9.82. The highest BCUT2D eigenvalue weighted by Crippen LogP contribution is 2.28. The second-order valence-corrected chi connectivity index (χ2v) is 7.72. The molecule has 0 aliphatic rings. The Hall–Kier alpha value is -3.08. The van der Waals surface area contributed by atoms with Crippen molar-refractivity contribution < 1.29 is 9.13 Å². The zero-order valence-electron chi connectivity index (χ0n) is 16.5. The van der Waals surface area contributed by atoms with Gasteiger partial charge in [-0.3, -0.25) is 0 Å². The highest BCUT2D eigenvalue weighted by atomic mass is 35.5. The van der Waals surface area contributed by atoms with Crippen LogP contribution in [-0.2, 0) is 13.2 Å². The van der Waals surface area contributed by atoms with Crippen LogP contribution in [0.3, 0.4) is 0 Å². The van der Waals surface area contributed by atoms with Crippen molar-refractivity contribution in [3.63, 3.8) is 0 Å². The van der Waals surface area contributed by atoms with Crippen molar-refractivity contribution >= 4 is 40.2 Å². The summed E-state index contributed by atoms with van der Waals surface area (Å²) >= 11 is 12.4. The monoisotopic (exact) mass is 452 g/mol. The Kier molecular flexibility index (Phi) is 6.70. The van der Waals surface area contributed by atoms with Crippen LogP contribution in [0.15, 0.2) is 84.0 Å². The maximum Gasteiger partial charge on any atom is 0.129 e. The molecule has 0 fully saturated rings. The molecule has 1 N–H and O–H groups in total. The molecule has 6 heteroatoms. The van der Waals surface area contributed by atoms with Gasteiger partial charge in [-0.15, -0.1) is 0 Å². The first-order valence-corrected chi connectivity index (χ1v) is 10.5. The van der Waals surface area contributed by atoms with Crippen molar-refractivity contribution in [1.29, 1.82) is 0 Å². The van der Waals surface area contributed by atoms with Crippen LogP contribution < -0.4 is 10.2 Å². The topological polar surface area (TPSA) is 33.6 Å². The van der Waals surface area contributed by atoms with Crippen molar-refractivity contribution in [2.75, 3.05) is 0 Å². The Bertz CT molecular complexity index is 1210. The standard InChI is InChI=1S/C25H19Cl2FN2O/c26-23-6-3-7-24(27)22(23)15-30-29-14-21-20-5-2-1-4-18(20)10-13-25(21)31-16-17-8-11-19(28)12-9-17/h1-14,30H,15-16H2/b29-14-. The van der Waals surface area contributed by atoms with Gasteiger partial charge in [0, 0.05) is 21.2 Å². The molecule has 3 nitrogen and oxygen atoms in total. The van der Waals surface area contributed by atoms with Crippen molar-refractivity contribution in [2.24, 2.45) is 5.10 Å². The molecule has 0 heterocycles. The fourth-order valence-electron chi connectivity index (χ4n) is 3.21. The summed E-state index contributed by atoms with van der Waals surface area (Å²) in [4.78, 5) is 0. The first-order valence-electron chi connectivity index (χ1n) is 9.69. The number of benzene rings is 4. The SMILES string of the molecule is Fc1ccc(COc2ccc3ccccc3c2/C=N\NCc2c(Cl)cccc2Cl)cc1. The summed E-state index contributed by atoms with van der Waals surface area (Å²) in [6.07, 6.45) is 1.73. The van der Waals surface area contributed by atoms with Crippen LogP contribution in [0, 0.1) is 5.82 Å². The third kappa shape index (κ3) is 5.16. The molecular formula is C25H19Cl2FN2O. The Morgan fingerprint density at radius 2 is 1.61 bits per heavy atom. The van der Waals surface area contributed by atoms with E-state index >= 15 is 0 Å². The summed E-state index contributed by atoms with van der Waals surface area (Å²) in [6.45, 7) is 0.716. The Labute approximate surface area is 190 Å². The van der Waals surface area contributed by atoms with Crippen LogP contribution >= 0.6 is 23.2 Å². The molecule has 0 spiro atoms. The minimum atomic E-state index is -0.271. The maximum atomic E-state index is 13.2. The zero-order chi connectivity index (χ0) is 21.6. The van der Waals surface area contributed by atoms with Crippen LogP contribution in [0.5, 0.6) is 5.75 Å². The quantitative estimate of drug-likeness (QED) is 0.242. The third-order valence-corrected chi connectivity index (χ3v) is 5.55. The predicted octanol–water partition coefficient (Wildman–Crippen LogP) is 6.99. The molecule has 0 amide bonds. The van der Waals surface area contributed by atoms with Crippen molar-refractivity contribution in [1.82, 2.24) is 5.43 Å². The molecule has 156 valence electrons. The Morgan fingerprint density at radius 3 is 2.39 bits per heavy atom. The van der Waals surface area contributed by atoms with Gasteiger partial charge in [-0.1, -0.05) is 71.7 Å². The number of rotatable bonds is 7. The number of halogens is 3. The van der Waals surface area contributed by atoms with Crippen LogP contribution in [0.4, 0.5) is 4.39 Å². The smallest absolute Gasteiger partial charge is 0.129 e. The number of hydrazone groups is 1.